The minimum atomic E-state index is -0.226. The Balaban J connectivity index is 1.69. The van der Waals surface area contributed by atoms with Gasteiger partial charge in [0, 0.05) is 18.7 Å². The van der Waals surface area contributed by atoms with Gasteiger partial charge >= 0.3 is 0 Å². The Morgan fingerprint density at radius 3 is 2.79 bits per heavy atom. The number of carbonyl (C=O) groups is 2. The first-order valence-corrected chi connectivity index (χ1v) is 7.93. The molecule has 2 N–H and O–H groups in total. The highest BCUT2D eigenvalue weighted by Crippen LogP contribution is 2.20. The molecule has 126 valence electrons. The van der Waals surface area contributed by atoms with Gasteiger partial charge in [0.1, 0.15) is 11.4 Å². The van der Waals surface area contributed by atoms with Crippen LogP contribution >= 0.6 is 0 Å². The molecule has 1 aromatic carbocycles. The molecule has 1 aliphatic heterocycles. The summed E-state index contributed by atoms with van der Waals surface area (Å²) in [6.07, 6.45) is 3.64. The van der Waals surface area contributed by atoms with Gasteiger partial charge in [-0.1, -0.05) is 18.2 Å². The van der Waals surface area contributed by atoms with Gasteiger partial charge in [-0.25, -0.2) is 0 Å². The predicted molar refractivity (Wildman–Crippen MR) is 89.1 cm³/mol. The van der Waals surface area contributed by atoms with E-state index in [1.807, 2.05) is 24.3 Å². The van der Waals surface area contributed by atoms with E-state index in [-0.39, 0.29) is 18.2 Å². The Morgan fingerprint density at radius 1 is 1.29 bits per heavy atom. The van der Waals surface area contributed by atoms with Crippen LogP contribution in [0.15, 0.2) is 30.5 Å². The van der Waals surface area contributed by atoms with Crippen molar-refractivity contribution in [3.05, 3.63) is 41.7 Å². The average molecular weight is 328 g/mol. The molecule has 0 saturated carbocycles. The van der Waals surface area contributed by atoms with Crippen LogP contribution in [0.2, 0.25) is 0 Å². The smallest absolute Gasteiger partial charge is 0.274 e. The molecule has 0 spiro atoms. The fourth-order valence-corrected chi connectivity index (χ4v) is 2.84. The summed E-state index contributed by atoms with van der Waals surface area (Å²) in [5, 5.41) is 9.35. The SMILES string of the molecule is COc1ccccc1CC(=O)Nc1cn[nH]c1C(=O)N1CCCC1. The molecule has 1 aliphatic rings. The van der Waals surface area contributed by atoms with Gasteiger partial charge < -0.3 is 15.0 Å². The molecule has 0 atom stereocenters. The molecule has 2 aromatic rings. The zero-order valence-corrected chi connectivity index (χ0v) is 13.5. The topological polar surface area (TPSA) is 87.3 Å². The van der Waals surface area contributed by atoms with Crippen LogP contribution in [0.3, 0.4) is 0 Å². The molecule has 1 saturated heterocycles. The summed E-state index contributed by atoms with van der Waals surface area (Å²) >= 11 is 0. The van der Waals surface area contributed by atoms with E-state index in [1.165, 1.54) is 6.20 Å². The maximum atomic E-state index is 12.5. The van der Waals surface area contributed by atoms with Crippen LogP contribution in [0, 0.1) is 0 Å². The number of likely N-dealkylation sites (tertiary alicyclic amines) is 1. The summed E-state index contributed by atoms with van der Waals surface area (Å²) in [5.41, 5.74) is 1.52. The van der Waals surface area contributed by atoms with Gasteiger partial charge in [0.05, 0.1) is 25.4 Å². The monoisotopic (exact) mass is 328 g/mol. The molecule has 2 amide bonds. The van der Waals surface area contributed by atoms with E-state index in [2.05, 4.69) is 15.5 Å². The number of carbonyl (C=O) groups excluding carboxylic acids is 2. The molecule has 0 radical (unpaired) electrons. The second-order valence-corrected chi connectivity index (χ2v) is 5.69. The first-order valence-electron chi connectivity index (χ1n) is 7.93. The third kappa shape index (κ3) is 3.40. The lowest BCUT2D eigenvalue weighted by atomic mass is 10.1. The van der Waals surface area contributed by atoms with Gasteiger partial charge in [0.15, 0.2) is 0 Å². The molecule has 1 aromatic heterocycles. The van der Waals surface area contributed by atoms with Crippen molar-refractivity contribution in [3.63, 3.8) is 0 Å². The first kappa shape index (κ1) is 16.0. The number of amides is 2. The first-order chi connectivity index (χ1) is 11.7. The fraction of sp³-hybridized carbons (Fsp3) is 0.353. The molecule has 7 nitrogen and oxygen atoms in total. The number of anilines is 1. The number of H-pyrrole nitrogens is 1. The van der Waals surface area contributed by atoms with Gasteiger partial charge in [0.25, 0.3) is 5.91 Å². The zero-order chi connectivity index (χ0) is 16.9. The van der Waals surface area contributed by atoms with Gasteiger partial charge in [-0.3, -0.25) is 14.7 Å². The normalized spacial score (nSPS) is 13.8. The van der Waals surface area contributed by atoms with Crippen molar-refractivity contribution in [2.75, 3.05) is 25.5 Å². The van der Waals surface area contributed by atoms with Crippen molar-refractivity contribution in [1.82, 2.24) is 15.1 Å². The molecule has 2 heterocycles. The van der Waals surface area contributed by atoms with Gasteiger partial charge in [-0.15, -0.1) is 0 Å². The van der Waals surface area contributed by atoms with Crippen LogP contribution in [-0.4, -0.2) is 47.1 Å². The molecular weight excluding hydrogens is 308 g/mol. The minimum absolute atomic E-state index is 0.127. The van der Waals surface area contributed by atoms with Crippen molar-refractivity contribution in [2.24, 2.45) is 0 Å². The molecule has 3 rings (SSSR count). The number of hydrogen-bond acceptors (Lipinski definition) is 4. The minimum Gasteiger partial charge on any atom is -0.496 e. The van der Waals surface area contributed by atoms with Crippen molar-refractivity contribution in [3.8, 4) is 5.75 Å². The van der Waals surface area contributed by atoms with E-state index >= 15 is 0 Å². The molecule has 1 fully saturated rings. The third-order valence-corrected chi connectivity index (χ3v) is 4.06. The maximum Gasteiger partial charge on any atom is 0.274 e. The third-order valence-electron chi connectivity index (χ3n) is 4.06. The zero-order valence-electron chi connectivity index (χ0n) is 13.5. The second kappa shape index (κ2) is 7.16. The number of ether oxygens (including phenoxy) is 1. The number of aromatic nitrogens is 2. The molecule has 0 aliphatic carbocycles. The van der Waals surface area contributed by atoms with Crippen molar-refractivity contribution in [1.29, 1.82) is 0 Å². The number of benzene rings is 1. The number of aromatic amines is 1. The lowest BCUT2D eigenvalue weighted by molar-refractivity contribution is -0.115. The molecule has 24 heavy (non-hydrogen) atoms. The van der Waals surface area contributed by atoms with E-state index in [4.69, 9.17) is 4.74 Å². The molecular formula is C17H20N4O3. The van der Waals surface area contributed by atoms with Crippen LogP contribution in [0.25, 0.3) is 0 Å². The summed E-state index contributed by atoms with van der Waals surface area (Å²) < 4.78 is 5.25. The van der Waals surface area contributed by atoms with Crippen LogP contribution < -0.4 is 10.1 Å². The number of nitrogens with zero attached hydrogens (tertiary/aromatic N) is 2. The molecule has 0 bridgehead atoms. The lowest BCUT2D eigenvalue weighted by Gasteiger charge is -2.15. The van der Waals surface area contributed by atoms with Crippen molar-refractivity contribution >= 4 is 17.5 Å². The summed E-state index contributed by atoms with van der Waals surface area (Å²) in [7, 11) is 1.57. The van der Waals surface area contributed by atoms with Gasteiger partial charge in [-0.2, -0.15) is 5.10 Å². The van der Waals surface area contributed by atoms with Crippen molar-refractivity contribution < 1.29 is 14.3 Å². The number of methoxy groups -OCH3 is 1. The molecule has 7 heteroatoms. The Bertz CT molecular complexity index is 735. The summed E-state index contributed by atoms with van der Waals surface area (Å²) in [6.45, 7) is 1.49. The van der Waals surface area contributed by atoms with Gasteiger partial charge in [0.2, 0.25) is 5.91 Å². The van der Waals surface area contributed by atoms with Crippen LogP contribution in [0.5, 0.6) is 5.75 Å². The fourth-order valence-electron chi connectivity index (χ4n) is 2.84. The average Bonchev–Trinajstić information content (AvgIpc) is 3.26. The van der Waals surface area contributed by atoms with E-state index < -0.39 is 0 Å². The number of para-hydroxylation sites is 1. The standard InChI is InChI=1S/C17H20N4O3/c1-24-14-7-3-2-6-12(14)10-15(22)19-13-11-18-20-16(13)17(23)21-8-4-5-9-21/h2-3,6-7,11H,4-5,8-10H2,1H3,(H,18,20)(H,19,22). The van der Waals surface area contributed by atoms with E-state index in [1.54, 1.807) is 12.0 Å². The quantitative estimate of drug-likeness (QED) is 0.876. The lowest BCUT2D eigenvalue weighted by Crippen LogP contribution is -2.29. The highest BCUT2D eigenvalue weighted by Gasteiger charge is 2.24. The highest BCUT2D eigenvalue weighted by molar-refractivity contribution is 6.02. The number of rotatable bonds is 5. The van der Waals surface area contributed by atoms with Crippen LogP contribution in [-0.2, 0) is 11.2 Å². The Kier molecular flexibility index (Phi) is 4.79. The van der Waals surface area contributed by atoms with Crippen LogP contribution in [0.4, 0.5) is 5.69 Å². The highest BCUT2D eigenvalue weighted by atomic mass is 16.5. The Labute approximate surface area is 140 Å². The Morgan fingerprint density at radius 2 is 2.04 bits per heavy atom. The Hall–Kier alpha value is -2.83. The van der Waals surface area contributed by atoms with E-state index in [0.29, 0.717) is 17.1 Å². The summed E-state index contributed by atoms with van der Waals surface area (Å²) in [5.74, 6) is 0.308. The largest absolute Gasteiger partial charge is 0.496 e. The molecule has 0 unspecified atom stereocenters. The van der Waals surface area contributed by atoms with Gasteiger partial charge in [-0.05, 0) is 18.9 Å². The maximum absolute atomic E-state index is 12.5. The second-order valence-electron chi connectivity index (χ2n) is 5.69. The number of nitrogens with one attached hydrogen (secondary N) is 2. The number of hydrogen-bond donors (Lipinski definition) is 2. The van der Waals surface area contributed by atoms with Crippen molar-refractivity contribution in [2.45, 2.75) is 19.3 Å². The van der Waals surface area contributed by atoms with E-state index in [9.17, 15) is 9.59 Å². The van der Waals surface area contributed by atoms with Crippen LogP contribution in [0.1, 0.15) is 28.9 Å². The predicted octanol–water partition coefficient (Wildman–Crippen LogP) is 1.84. The summed E-state index contributed by atoms with van der Waals surface area (Å²) in [6, 6.07) is 7.35. The summed E-state index contributed by atoms with van der Waals surface area (Å²) in [4.78, 5) is 26.5. The van der Waals surface area contributed by atoms with E-state index in [0.717, 1.165) is 31.5 Å².